The van der Waals surface area contributed by atoms with Crippen molar-refractivity contribution in [2.45, 2.75) is 50.5 Å². The van der Waals surface area contributed by atoms with Gasteiger partial charge < -0.3 is 19.0 Å². The molecule has 1 unspecified atom stereocenters. The molecule has 2 heterocycles. The number of methoxy groups -OCH3 is 1. The van der Waals surface area contributed by atoms with E-state index in [4.69, 9.17) is 13.7 Å². The maximum atomic E-state index is 12.1. The van der Waals surface area contributed by atoms with Gasteiger partial charge in [-0.3, -0.25) is 4.79 Å². The number of nitrogens with one attached hydrogen (secondary N) is 1. The fourth-order valence-corrected chi connectivity index (χ4v) is 3.30. The highest BCUT2D eigenvalue weighted by molar-refractivity contribution is 5.93. The molecule has 2 aromatic heterocycles. The molecular weight excluding hydrogens is 310 g/mol. The van der Waals surface area contributed by atoms with Crippen LogP contribution in [0.15, 0.2) is 27.5 Å². The van der Waals surface area contributed by atoms with E-state index in [0.717, 1.165) is 25.7 Å². The van der Waals surface area contributed by atoms with Gasteiger partial charge in [-0.1, -0.05) is 24.4 Å². The third kappa shape index (κ3) is 3.36. The summed E-state index contributed by atoms with van der Waals surface area (Å²) in [5.41, 5.74) is 0.285. The first-order valence-corrected chi connectivity index (χ1v) is 8.31. The van der Waals surface area contributed by atoms with E-state index >= 15 is 0 Å². The van der Waals surface area contributed by atoms with Crippen molar-refractivity contribution in [2.75, 3.05) is 13.7 Å². The van der Waals surface area contributed by atoms with E-state index in [2.05, 4.69) is 15.5 Å². The number of hydrogen-bond acceptors (Lipinski definition) is 6. The van der Waals surface area contributed by atoms with Crippen LogP contribution in [0.1, 0.15) is 67.1 Å². The molecule has 1 aliphatic carbocycles. The Morgan fingerprint density at radius 3 is 2.88 bits per heavy atom. The highest BCUT2D eigenvalue weighted by Crippen LogP contribution is 2.38. The van der Waals surface area contributed by atoms with Crippen molar-refractivity contribution < 1.29 is 18.5 Å². The summed E-state index contributed by atoms with van der Waals surface area (Å²) in [6.07, 6.45) is 8.36. The predicted molar refractivity (Wildman–Crippen MR) is 85.5 cm³/mol. The largest absolute Gasteiger partial charge is 0.472 e. The molecule has 1 aliphatic rings. The smallest absolute Gasteiger partial charge is 0.255 e. The van der Waals surface area contributed by atoms with Gasteiger partial charge in [0.25, 0.3) is 5.91 Å². The van der Waals surface area contributed by atoms with Crippen LogP contribution < -0.4 is 5.32 Å². The Labute approximate surface area is 140 Å². The van der Waals surface area contributed by atoms with Gasteiger partial charge in [0.1, 0.15) is 12.3 Å². The van der Waals surface area contributed by atoms with Crippen molar-refractivity contribution in [3.63, 3.8) is 0 Å². The summed E-state index contributed by atoms with van der Waals surface area (Å²) >= 11 is 0. The maximum absolute atomic E-state index is 12.1. The monoisotopic (exact) mass is 333 g/mol. The molecule has 1 amide bonds. The van der Waals surface area contributed by atoms with Crippen LogP contribution >= 0.6 is 0 Å². The lowest BCUT2D eigenvalue weighted by Crippen LogP contribution is -2.35. The molecule has 0 saturated heterocycles. The Hall–Kier alpha value is -2.15. The Kier molecular flexibility index (Phi) is 4.99. The summed E-state index contributed by atoms with van der Waals surface area (Å²) in [4.78, 5) is 16.6. The van der Waals surface area contributed by atoms with Gasteiger partial charge >= 0.3 is 0 Å². The molecule has 1 N–H and O–H groups in total. The number of carbonyl (C=O) groups is 1. The van der Waals surface area contributed by atoms with Crippen molar-refractivity contribution in [2.24, 2.45) is 0 Å². The number of hydrogen-bond donors (Lipinski definition) is 1. The second-order valence-electron chi connectivity index (χ2n) is 6.44. The number of rotatable bonds is 6. The van der Waals surface area contributed by atoms with E-state index in [-0.39, 0.29) is 17.4 Å². The van der Waals surface area contributed by atoms with Crippen LogP contribution in [0, 0.1) is 0 Å². The molecule has 2 aromatic rings. The summed E-state index contributed by atoms with van der Waals surface area (Å²) in [5, 5.41) is 7.02. The standard InChI is InChI=1S/C17H23N3O4/c1-12(18-14(21)13-6-9-23-10-13)15-19-16(20-24-15)17(11-22-2)7-4-3-5-8-17/h6,9-10,12H,3-5,7-8,11H2,1-2H3,(H,18,21). The minimum atomic E-state index is -0.378. The number of amides is 1. The summed E-state index contributed by atoms with van der Waals surface area (Å²) in [5.74, 6) is 0.853. The zero-order valence-electron chi connectivity index (χ0n) is 14.1. The highest BCUT2D eigenvalue weighted by Gasteiger charge is 2.39. The Bertz CT molecular complexity index is 654. The highest BCUT2D eigenvalue weighted by atomic mass is 16.5. The van der Waals surface area contributed by atoms with Crippen molar-refractivity contribution in [1.82, 2.24) is 15.5 Å². The minimum absolute atomic E-state index is 0.178. The van der Waals surface area contributed by atoms with Gasteiger partial charge in [-0.15, -0.1) is 0 Å². The van der Waals surface area contributed by atoms with Gasteiger partial charge in [0, 0.05) is 7.11 Å². The zero-order valence-corrected chi connectivity index (χ0v) is 14.1. The van der Waals surface area contributed by atoms with Gasteiger partial charge in [-0.05, 0) is 25.8 Å². The van der Waals surface area contributed by atoms with Crippen LogP contribution in [0.4, 0.5) is 0 Å². The molecule has 3 rings (SSSR count). The number of carbonyl (C=O) groups excluding carboxylic acids is 1. The van der Waals surface area contributed by atoms with Crippen molar-refractivity contribution in [3.05, 3.63) is 35.9 Å². The number of aromatic nitrogens is 2. The fourth-order valence-electron chi connectivity index (χ4n) is 3.30. The zero-order chi connectivity index (χ0) is 17.0. The molecule has 0 spiro atoms. The van der Waals surface area contributed by atoms with Crippen LogP contribution in [0.25, 0.3) is 0 Å². The molecule has 7 heteroatoms. The summed E-state index contributed by atoms with van der Waals surface area (Å²) in [6.45, 7) is 2.40. The van der Waals surface area contributed by atoms with Gasteiger partial charge in [0.2, 0.25) is 5.89 Å². The van der Waals surface area contributed by atoms with Crippen LogP contribution in [-0.4, -0.2) is 29.8 Å². The lowest BCUT2D eigenvalue weighted by Gasteiger charge is -2.33. The van der Waals surface area contributed by atoms with E-state index in [1.54, 1.807) is 13.2 Å². The number of ether oxygens (including phenoxy) is 1. The summed E-state index contributed by atoms with van der Waals surface area (Å²) < 4.78 is 15.8. The lowest BCUT2D eigenvalue weighted by atomic mass is 9.74. The summed E-state index contributed by atoms with van der Waals surface area (Å²) in [7, 11) is 1.70. The van der Waals surface area contributed by atoms with Gasteiger partial charge in [0.15, 0.2) is 5.82 Å². The molecule has 1 fully saturated rings. The quantitative estimate of drug-likeness (QED) is 0.874. The van der Waals surface area contributed by atoms with Gasteiger partial charge in [-0.2, -0.15) is 4.98 Å². The van der Waals surface area contributed by atoms with E-state index in [0.29, 0.717) is 23.9 Å². The van der Waals surface area contributed by atoms with Crippen LogP contribution in [0.3, 0.4) is 0 Å². The lowest BCUT2D eigenvalue weighted by molar-refractivity contribution is 0.0931. The molecule has 0 aliphatic heterocycles. The minimum Gasteiger partial charge on any atom is -0.472 e. The van der Waals surface area contributed by atoms with E-state index in [1.807, 2.05) is 6.92 Å². The normalized spacial score (nSPS) is 18.2. The third-order valence-corrected chi connectivity index (χ3v) is 4.65. The van der Waals surface area contributed by atoms with Gasteiger partial charge in [-0.25, -0.2) is 0 Å². The van der Waals surface area contributed by atoms with Gasteiger partial charge in [0.05, 0.1) is 23.8 Å². The predicted octanol–water partition coefficient (Wildman–Crippen LogP) is 3.00. The van der Waals surface area contributed by atoms with Crippen molar-refractivity contribution in [1.29, 1.82) is 0 Å². The Morgan fingerprint density at radius 1 is 1.42 bits per heavy atom. The maximum Gasteiger partial charge on any atom is 0.255 e. The van der Waals surface area contributed by atoms with Crippen molar-refractivity contribution >= 4 is 5.91 Å². The second kappa shape index (κ2) is 7.17. The number of nitrogens with zero attached hydrogens (tertiary/aromatic N) is 2. The molecule has 0 bridgehead atoms. The average molecular weight is 333 g/mol. The van der Waals surface area contributed by atoms with Crippen LogP contribution in [-0.2, 0) is 10.2 Å². The first-order chi connectivity index (χ1) is 11.6. The molecule has 0 aromatic carbocycles. The molecule has 0 radical (unpaired) electrons. The van der Waals surface area contributed by atoms with Crippen molar-refractivity contribution in [3.8, 4) is 0 Å². The Balaban J connectivity index is 1.73. The first kappa shape index (κ1) is 16.7. The SMILES string of the molecule is COCC1(c2noc(C(C)NC(=O)c3ccoc3)n2)CCCCC1. The van der Waals surface area contributed by atoms with E-state index in [1.165, 1.54) is 18.9 Å². The summed E-state index contributed by atoms with van der Waals surface area (Å²) in [6, 6.07) is 1.23. The second-order valence-corrected chi connectivity index (χ2v) is 6.44. The topological polar surface area (TPSA) is 90.4 Å². The third-order valence-electron chi connectivity index (χ3n) is 4.65. The first-order valence-electron chi connectivity index (χ1n) is 8.31. The molecule has 24 heavy (non-hydrogen) atoms. The fraction of sp³-hybridized carbons (Fsp3) is 0.588. The molecule has 130 valence electrons. The molecule has 1 saturated carbocycles. The van der Waals surface area contributed by atoms with E-state index < -0.39 is 0 Å². The molecular formula is C17H23N3O4. The number of furan rings is 1. The van der Waals surface area contributed by atoms with E-state index in [9.17, 15) is 4.79 Å². The van der Waals surface area contributed by atoms with Crippen LogP contribution in [0.5, 0.6) is 0 Å². The van der Waals surface area contributed by atoms with Crippen LogP contribution in [0.2, 0.25) is 0 Å². The molecule has 7 nitrogen and oxygen atoms in total. The Morgan fingerprint density at radius 2 is 2.21 bits per heavy atom. The molecule has 1 atom stereocenters. The average Bonchev–Trinajstić information content (AvgIpc) is 3.28.